The van der Waals surface area contributed by atoms with Gasteiger partial charge in [0.1, 0.15) is 5.69 Å². The highest BCUT2D eigenvalue weighted by Crippen LogP contribution is 2.43. The Balaban J connectivity index is 2.11. The van der Waals surface area contributed by atoms with Crippen molar-refractivity contribution in [2.24, 2.45) is 5.92 Å². The van der Waals surface area contributed by atoms with Crippen LogP contribution in [0.5, 0.6) is 0 Å². The number of rotatable bonds is 2. The Hall–Kier alpha value is -2.11. The molecular weight excluding hydrogens is 282 g/mol. The first-order chi connectivity index (χ1) is 10.3. The van der Waals surface area contributed by atoms with E-state index in [0.717, 1.165) is 18.5 Å². The summed E-state index contributed by atoms with van der Waals surface area (Å²) in [6, 6.07) is 3.41. The van der Waals surface area contributed by atoms with E-state index in [1.807, 2.05) is 0 Å². The summed E-state index contributed by atoms with van der Waals surface area (Å²) in [6.07, 6.45) is 1.94. The molecule has 1 aromatic carbocycles. The zero-order valence-corrected chi connectivity index (χ0v) is 13.2. The standard InChI is InChI=1S/C16H21N3O3/c1-10-8-16(2,3)18(9-10)13-7-12-11(4-5-15(20)17-12)6-14(13)19(21)22/h6-7,10H,4-5,8-9H2,1-3H3,(H,17,20)/t10-/m0/s1. The molecule has 2 aliphatic heterocycles. The summed E-state index contributed by atoms with van der Waals surface area (Å²) in [5.41, 5.74) is 2.18. The number of carbonyl (C=O) groups excluding carboxylic acids is 1. The number of nitro groups is 1. The second-order valence-corrected chi connectivity index (χ2v) is 7.04. The third kappa shape index (κ3) is 2.42. The number of nitrogens with one attached hydrogen (secondary N) is 1. The van der Waals surface area contributed by atoms with Crippen molar-refractivity contribution in [3.8, 4) is 0 Å². The number of carbonyl (C=O) groups is 1. The van der Waals surface area contributed by atoms with Crippen LogP contribution in [0.1, 0.15) is 39.2 Å². The first kappa shape index (κ1) is 14.8. The average molecular weight is 303 g/mol. The van der Waals surface area contributed by atoms with E-state index < -0.39 is 0 Å². The molecule has 22 heavy (non-hydrogen) atoms. The van der Waals surface area contributed by atoms with Crippen LogP contribution in [-0.2, 0) is 11.2 Å². The number of hydrogen-bond acceptors (Lipinski definition) is 4. The number of anilines is 2. The van der Waals surface area contributed by atoms with E-state index >= 15 is 0 Å². The van der Waals surface area contributed by atoms with E-state index in [1.54, 1.807) is 12.1 Å². The molecule has 118 valence electrons. The van der Waals surface area contributed by atoms with Gasteiger partial charge in [-0.25, -0.2) is 0 Å². The van der Waals surface area contributed by atoms with Crippen LogP contribution >= 0.6 is 0 Å². The number of nitro benzene ring substituents is 1. The van der Waals surface area contributed by atoms with Crippen molar-refractivity contribution in [1.82, 2.24) is 0 Å². The van der Waals surface area contributed by atoms with Crippen molar-refractivity contribution in [2.75, 3.05) is 16.8 Å². The lowest BCUT2D eigenvalue weighted by Gasteiger charge is -2.34. The molecule has 2 aliphatic rings. The van der Waals surface area contributed by atoms with Gasteiger partial charge in [0.15, 0.2) is 0 Å². The summed E-state index contributed by atoms with van der Waals surface area (Å²) >= 11 is 0. The Labute approximate surface area is 129 Å². The molecule has 1 saturated heterocycles. The number of benzene rings is 1. The topological polar surface area (TPSA) is 75.5 Å². The van der Waals surface area contributed by atoms with Crippen molar-refractivity contribution >= 4 is 23.0 Å². The SMILES string of the molecule is C[C@@H]1CN(c2cc3c(cc2[N+](=O)[O-])CCC(=O)N3)C(C)(C)C1. The van der Waals surface area contributed by atoms with Gasteiger partial charge in [-0.05, 0) is 44.2 Å². The van der Waals surface area contributed by atoms with Crippen LogP contribution in [-0.4, -0.2) is 22.9 Å². The van der Waals surface area contributed by atoms with Crippen LogP contribution in [0.2, 0.25) is 0 Å². The Bertz CT molecular complexity index is 654. The second-order valence-electron chi connectivity index (χ2n) is 7.04. The van der Waals surface area contributed by atoms with Gasteiger partial charge in [0.2, 0.25) is 5.91 Å². The zero-order valence-electron chi connectivity index (χ0n) is 13.2. The molecule has 6 heteroatoms. The van der Waals surface area contributed by atoms with E-state index in [4.69, 9.17) is 0 Å². The lowest BCUT2D eigenvalue weighted by Crippen LogP contribution is -2.38. The van der Waals surface area contributed by atoms with Crippen LogP contribution in [0.15, 0.2) is 12.1 Å². The van der Waals surface area contributed by atoms with E-state index in [1.165, 1.54) is 0 Å². The number of fused-ring (bicyclic) bond motifs is 1. The molecule has 0 saturated carbocycles. The van der Waals surface area contributed by atoms with Gasteiger partial charge >= 0.3 is 0 Å². The van der Waals surface area contributed by atoms with Crippen molar-refractivity contribution in [1.29, 1.82) is 0 Å². The second kappa shape index (κ2) is 4.97. The summed E-state index contributed by atoms with van der Waals surface area (Å²) < 4.78 is 0. The third-order valence-electron chi connectivity index (χ3n) is 4.66. The smallest absolute Gasteiger partial charge is 0.292 e. The quantitative estimate of drug-likeness (QED) is 0.673. The van der Waals surface area contributed by atoms with Crippen molar-refractivity contribution < 1.29 is 9.72 Å². The van der Waals surface area contributed by atoms with Crippen LogP contribution in [0.4, 0.5) is 17.1 Å². The van der Waals surface area contributed by atoms with Gasteiger partial charge in [-0.15, -0.1) is 0 Å². The van der Waals surface area contributed by atoms with Gasteiger partial charge in [0.05, 0.1) is 4.92 Å². The first-order valence-corrected chi connectivity index (χ1v) is 7.67. The van der Waals surface area contributed by atoms with Gasteiger partial charge in [0, 0.05) is 30.3 Å². The fourth-order valence-electron chi connectivity index (χ4n) is 3.78. The van der Waals surface area contributed by atoms with Crippen LogP contribution in [0.3, 0.4) is 0 Å². The average Bonchev–Trinajstić information content (AvgIpc) is 2.69. The van der Waals surface area contributed by atoms with E-state index in [9.17, 15) is 14.9 Å². The van der Waals surface area contributed by atoms with E-state index in [2.05, 4.69) is 31.0 Å². The Morgan fingerprint density at radius 2 is 2.09 bits per heavy atom. The first-order valence-electron chi connectivity index (χ1n) is 7.67. The molecular formula is C16H21N3O3. The minimum atomic E-state index is -0.314. The third-order valence-corrected chi connectivity index (χ3v) is 4.66. The fourth-order valence-corrected chi connectivity index (χ4v) is 3.78. The monoisotopic (exact) mass is 303 g/mol. The van der Waals surface area contributed by atoms with Crippen LogP contribution in [0.25, 0.3) is 0 Å². The molecule has 0 spiro atoms. The molecule has 2 heterocycles. The van der Waals surface area contributed by atoms with Crippen molar-refractivity contribution in [2.45, 2.75) is 45.6 Å². The molecule has 0 aromatic heterocycles. The molecule has 1 amide bonds. The molecule has 1 N–H and O–H groups in total. The normalized spacial score (nSPS) is 23.1. The molecule has 1 aromatic rings. The fraction of sp³-hybridized carbons (Fsp3) is 0.562. The maximum atomic E-state index is 11.6. The predicted molar refractivity (Wildman–Crippen MR) is 85.3 cm³/mol. The van der Waals surface area contributed by atoms with E-state index in [0.29, 0.717) is 30.1 Å². The minimum Gasteiger partial charge on any atom is -0.361 e. The summed E-state index contributed by atoms with van der Waals surface area (Å²) in [6.45, 7) is 7.17. The minimum absolute atomic E-state index is 0.0265. The molecule has 0 bridgehead atoms. The largest absolute Gasteiger partial charge is 0.361 e. The summed E-state index contributed by atoms with van der Waals surface area (Å²) in [5, 5.41) is 14.4. The molecule has 1 fully saturated rings. The Morgan fingerprint density at radius 1 is 1.36 bits per heavy atom. The Kier molecular flexibility index (Phi) is 3.34. The van der Waals surface area contributed by atoms with Crippen LogP contribution in [0, 0.1) is 16.0 Å². The highest BCUT2D eigenvalue weighted by Gasteiger charge is 2.39. The zero-order chi connectivity index (χ0) is 16.1. The van der Waals surface area contributed by atoms with Gasteiger partial charge in [-0.2, -0.15) is 0 Å². The maximum Gasteiger partial charge on any atom is 0.292 e. The van der Waals surface area contributed by atoms with Gasteiger partial charge < -0.3 is 10.2 Å². The molecule has 0 radical (unpaired) electrons. The van der Waals surface area contributed by atoms with Gasteiger partial charge in [-0.1, -0.05) is 6.92 Å². The number of amides is 1. The number of hydrogen-bond donors (Lipinski definition) is 1. The number of aryl methyl sites for hydroxylation is 1. The maximum absolute atomic E-state index is 11.6. The lowest BCUT2D eigenvalue weighted by atomic mass is 9.96. The van der Waals surface area contributed by atoms with Gasteiger partial charge in [0.25, 0.3) is 5.69 Å². The number of nitrogens with zero attached hydrogens (tertiary/aromatic N) is 2. The van der Waals surface area contributed by atoms with Gasteiger partial charge in [-0.3, -0.25) is 14.9 Å². The van der Waals surface area contributed by atoms with Crippen LogP contribution < -0.4 is 10.2 Å². The molecule has 6 nitrogen and oxygen atoms in total. The van der Waals surface area contributed by atoms with Crippen molar-refractivity contribution in [3.05, 3.63) is 27.8 Å². The molecule has 0 unspecified atom stereocenters. The highest BCUT2D eigenvalue weighted by atomic mass is 16.6. The molecule has 1 atom stereocenters. The predicted octanol–water partition coefficient (Wildman–Crippen LogP) is 3.10. The lowest BCUT2D eigenvalue weighted by molar-refractivity contribution is -0.384. The molecule has 0 aliphatic carbocycles. The van der Waals surface area contributed by atoms with Crippen molar-refractivity contribution in [3.63, 3.8) is 0 Å². The summed E-state index contributed by atoms with van der Waals surface area (Å²) in [4.78, 5) is 24.9. The van der Waals surface area contributed by atoms with E-state index in [-0.39, 0.29) is 22.1 Å². The molecule has 3 rings (SSSR count). The highest BCUT2D eigenvalue weighted by molar-refractivity contribution is 5.95. The summed E-state index contributed by atoms with van der Waals surface area (Å²) in [7, 11) is 0. The summed E-state index contributed by atoms with van der Waals surface area (Å²) in [5.74, 6) is 0.460. The Morgan fingerprint density at radius 3 is 2.68 bits per heavy atom.